The number of hydrogen-bond acceptors (Lipinski definition) is 3. The molecule has 0 unspecified atom stereocenters. The van der Waals surface area contributed by atoms with Crippen LogP contribution in [0.4, 0.5) is 0 Å². The number of aryl methyl sites for hydroxylation is 1. The molecule has 1 radical (unpaired) electrons. The summed E-state index contributed by atoms with van der Waals surface area (Å²) in [5.74, 6) is -0.423. The monoisotopic (exact) mass is 153 g/mol. The number of methoxy groups -OCH3 is 1. The Morgan fingerprint density at radius 1 is 1.91 bits per heavy atom. The Morgan fingerprint density at radius 2 is 2.64 bits per heavy atom. The topological polar surface area (TPSA) is 44.1 Å². The highest BCUT2D eigenvalue weighted by molar-refractivity contribution is 5.86. The standard InChI is InChI=1S/C7H9N2O2/c1-3-9-5-4-6(8-9)7(10)11-2/h4H,3H2,1-2H3. The molecular formula is C7H9N2O2. The summed E-state index contributed by atoms with van der Waals surface area (Å²) in [6, 6.07) is 1.51. The number of nitrogens with zero attached hydrogens (tertiary/aromatic N) is 2. The van der Waals surface area contributed by atoms with Gasteiger partial charge >= 0.3 is 5.97 Å². The predicted molar refractivity (Wildman–Crippen MR) is 38.1 cm³/mol. The van der Waals surface area contributed by atoms with E-state index in [9.17, 15) is 4.79 Å². The maximum atomic E-state index is 10.8. The molecule has 0 aromatic carbocycles. The summed E-state index contributed by atoms with van der Waals surface area (Å²) in [4.78, 5) is 10.8. The Balaban J connectivity index is 2.80. The Labute approximate surface area is 64.8 Å². The summed E-state index contributed by atoms with van der Waals surface area (Å²) in [5.41, 5.74) is 0.300. The molecule has 0 saturated carbocycles. The Bertz CT molecular complexity index is 255. The largest absolute Gasteiger partial charge is 0.464 e. The van der Waals surface area contributed by atoms with E-state index in [0.29, 0.717) is 12.2 Å². The van der Waals surface area contributed by atoms with E-state index in [-0.39, 0.29) is 0 Å². The van der Waals surface area contributed by atoms with Crippen LogP contribution in [0, 0.1) is 6.20 Å². The molecule has 4 heteroatoms. The minimum atomic E-state index is -0.423. The van der Waals surface area contributed by atoms with Gasteiger partial charge in [0.25, 0.3) is 0 Å². The van der Waals surface area contributed by atoms with Crippen LogP contribution in [0.3, 0.4) is 0 Å². The van der Waals surface area contributed by atoms with E-state index in [2.05, 4.69) is 16.0 Å². The number of hydrogen-bond donors (Lipinski definition) is 0. The average molecular weight is 153 g/mol. The summed E-state index contributed by atoms with van der Waals surface area (Å²) >= 11 is 0. The smallest absolute Gasteiger partial charge is 0.358 e. The van der Waals surface area contributed by atoms with Crippen molar-refractivity contribution in [3.8, 4) is 0 Å². The highest BCUT2D eigenvalue weighted by atomic mass is 16.5. The van der Waals surface area contributed by atoms with E-state index in [4.69, 9.17) is 0 Å². The fraction of sp³-hybridized carbons (Fsp3) is 0.429. The van der Waals surface area contributed by atoms with Gasteiger partial charge in [0.05, 0.1) is 13.3 Å². The normalized spacial score (nSPS) is 9.64. The summed E-state index contributed by atoms with van der Waals surface area (Å²) in [6.07, 6.45) is 2.78. The molecule has 1 rings (SSSR count). The third-order valence-corrected chi connectivity index (χ3v) is 1.27. The second kappa shape index (κ2) is 3.18. The molecule has 1 aromatic heterocycles. The number of aromatic nitrogens is 2. The zero-order valence-corrected chi connectivity index (χ0v) is 6.50. The summed E-state index contributed by atoms with van der Waals surface area (Å²) in [7, 11) is 1.33. The van der Waals surface area contributed by atoms with Crippen molar-refractivity contribution in [2.75, 3.05) is 7.11 Å². The number of carbonyl (C=O) groups is 1. The van der Waals surface area contributed by atoms with Crippen LogP contribution in [0.15, 0.2) is 6.07 Å². The maximum absolute atomic E-state index is 10.8. The molecule has 0 saturated heterocycles. The lowest BCUT2D eigenvalue weighted by Gasteiger charge is -1.92. The van der Waals surface area contributed by atoms with Gasteiger partial charge in [0.1, 0.15) is 0 Å². The lowest BCUT2D eigenvalue weighted by molar-refractivity contribution is 0.0593. The molecule has 0 aliphatic carbocycles. The molecule has 0 aliphatic rings. The molecule has 59 valence electrons. The van der Waals surface area contributed by atoms with Gasteiger partial charge in [0.15, 0.2) is 5.69 Å². The van der Waals surface area contributed by atoms with Crippen molar-refractivity contribution in [1.82, 2.24) is 9.78 Å². The van der Waals surface area contributed by atoms with Crippen molar-refractivity contribution in [1.29, 1.82) is 0 Å². The molecule has 0 aliphatic heterocycles. The Hall–Kier alpha value is -1.32. The van der Waals surface area contributed by atoms with Crippen molar-refractivity contribution in [2.45, 2.75) is 13.5 Å². The Morgan fingerprint density at radius 3 is 3.09 bits per heavy atom. The molecule has 0 atom stereocenters. The lowest BCUT2D eigenvalue weighted by Crippen LogP contribution is -2.04. The molecule has 1 aromatic rings. The van der Waals surface area contributed by atoms with Crippen LogP contribution in [0.1, 0.15) is 17.4 Å². The molecule has 0 spiro atoms. The number of esters is 1. The number of rotatable bonds is 2. The van der Waals surface area contributed by atoms with Gasteiger partial charge in [-0.1, -0.05) is 0 Å². The van der Waals surface area contributed by atoms with Crippen molar-refractivity contribution in [3.63, 3.8) is 0 Å². The second-order valence-corrected chi connectivity index (χ2v) is 1.97. The van der Waals surface area contributed by atoms with Crippen LogP contribution in [0.2, 0.25) is 0 Å². The van der Waals surface area contributed by atoms with E-state index >= 15 is 0 Å². The van der Waals surface area contributed by atoms with Crippen LogP contribution in [0.25, 0.3) is 0 Å². The summed E-state index contributed by atoms with van der Waals surface area (Å²) < 4.78 is 6.01. The minimum Gasteiger partial charge on any atom is -0.464 e. The zero-order chi connectivity index (χ0) is 8.27. The van der Waals surface area contributed by atoms with E-state index in [1.165, 1.54) is 13.2 Å². The predicted octanol–water partition coefficient (Wildman–Crippen LogP) is 0.490. The highest BCUT2D eigenvalue weighted by Crippen LogP contribution is 1.96. The molecule has 0 bridgehead atoms. The molecule has 4 nitrogen and oxygen atoms in total. The van der Waals surface area contributed by atoms with Gasteiger partial charge in [-0.3, -0.25) is 4.68 Å². The average Bonchev–Trinajstić information content (AvgIpc) is 2.50. The van der Waals surface area contributed by atoms with E-state index < -0.39 is 5.97 Å². The van der Waals surface area contributed by atoms with Gasteiger partial charge in [0.2, 0.25) is 0 Å². The van der Waals surface area contributed by atoms with Gasteiger partial charge in [-0.15, -0.1) is 0 Å². The molecule has 11 heavy (non-hydrogen) atoms. The van der Waals surface area contributed by atoms with Gasteiger partial charge < -0.3 is 4.74 Å². The van der Waals surface area contributed by atoms with E-state index in [1.54, 1.807) is 4.68 Å². The molecule has 0 amide bonds. The van der Waals surface area contributed by atoms with Crippen LogP contribution >= 0.6 is 0 Å². The van der Waals surface area contributed by atoms with Crippen molar-refractivity contribution >= 4 is 5.97 Å². The minimum absolute atomic E-state index is 0.300. The van der Waals surface area contributed by atoms with Crippen molar-refractivity contribution in [3.05, 3.63) is 18.0 Å². The maximum Gasteiger partial charge on any atom is 0.358 e. The molecular weight excluding hydrogens is 144 g/mol. The highest BCUT2D eigenvalue weighted by Gasteiger charge is 2.07. The van der Waals surface area contributed by atoms with Crippen LogP contribution in [-0.2, 0) is 11.3 Å². The third kappa shape index (κ3) is 1.58. The second-order valence-electron chi connectivity index (χ2n) is 1.97. The first-order valence-corrected chi connectivity index (χ1v) is 3.31. The van der Waals surface area contributed by atoms with Crippen LogP contribution < -0.4 is 0 Å². The zero-order valence-electron chi connectivity index (χ0n) is 6.50. The van der Waals surface area contributed by atoms with E-state index in [1.807, 2.05) is 6.92 Å². The fourth-order valence-electron chi connectivity index (χ4n) is 0.690. The molecule has 0 fully saturated rings. The number of carbonyl (C=O) groups excluding carboxylic acids is 1. The molecule has 0 N–H and O–H groups in total. The first-order chi connectivity index (χ1) is 5.27. The first-order valence-electron chi connectivity index (χ1n) is 3.31. The van der Waals surface area contributed by atoms with Gasteiger partial charge in [-0.05, 0) is 6.92 Å². The van der Waals surface area contributed by atoms with Crippen LogP contribution in [0.5, 0.6) is 0 Å². The quantitative estimate of drug-likeness (QED) is 0.581. The van der Waals surface area contributed by atoms with E-state index in [0.717, 1.165) is 0 Å². The molecule has 1 heterocycles. The summed E-state index contributed by atoms with van der Waals surface area (Å²) in [6.45, 7) is 2.63. The summed E-state index contributed by atoms with van der Waals surface area (Å²) in [5, 5.41) is 3.89. The SMILES string of the molecule is CCn1[c]cc(C(=O)OC)n1. The fourth-order valence-corrected chi connectivity index (χ4v) is 0.690. The van der Waals surface area contributed by atoms with Gasteiger partial charge in [-0.25, -0.2) is 4.79 Å². The Kier molecular flexibility index (Phi) is 2.25. The van der Waals surface area contributed by atoms with Crippen LogP contribution in [-0.4, -0.2) is 22.9 Å². The van der Waals surface area contributed by atoms with Gasteiger partial charge in [0, 0.05) is 12.6 Å². The lowest BCUT2D eigenvalue weighted by atomic mass is 10.4. The third-order valence-electron chi connectivity index (χ3n) is 1.27. The van der Waals surface area contributed by atoms with Gasteiger partial charge in [-0.2, -0.15) is 5.10 Å². The first kappa shape index (κ1) is 7.78. The number of ether oxygens (including phenoxy) is 1. The van der Waals surface area contributed by atoms with Crippen molar-refractivity contribution < 1.29 is 9.53 Å². The van der Waals surface area contributed by atoms with Crippen molar-refractivity contribution in [2.24, 2.45) is 0 Å².